The zero-order valence-corrected chi connectivity index (χ0v) is 11.1. The number of hydrogen-bond donors (Lipinski definition) is 1. The summed E-state index contributed by atoms with van der Waals surface area (Å²) < 4.78 is 4.58. The molecule has 1 fully saturated rings. The quantitative estimate of drug-likeness (QED) is 0.662. The highest BCUT2D eigenvalue weighted by Gasteiger charge is 2.22. The van der Waals surface area contributed by atoms with Crippen LogP contribution in [0.3, 0.4) is 0 Å². The van der Waals surface area contributed by atoms with Crippen LogP contribution in [-0.4, -0.2) is 42.2 Å². The number of amides is 1. The molecule has 1 atom stereocenters. The van der Waals surface area contributed by atoms with E-state index in [2.05, 4.69) is 15.0 Å². The smallest absolute Gasteiger partial charge is 0.407 e. The predicted octanol–water partition coefficient (Wildman–Crippen LogP) is 1.31. The zero-order valence-electron chi connectivity index (χ0n) is 11.1. The van der Waals surface area contributed by atoms with Crippen LogP contribution in [0.5, 0.6) is 0 Å². The van der Waals surface area contributed by atoms with Gasteiger partial charge in [-0.15, -0.1) is 0 Å². The minimum Gasteiger partial charge on any atom is -0.453 e. The van der Waals surface area contributed by atoms with E-state index in [-0.39, 0.29) is 11.7 Å². The molecule has 0 saturated carbocycles. The molecule has 1 unspecified atom stereocenters. The second kappa shape index (κ2) is 6.18. The van der Waals surface area contributed by atoms with Crippen LogP contribution >= 0.6 is 0 Å². The third-order valence-electron chi connectivity index (χ3n) is 3.20. The molecule has 1 aliphatic heterocycles. The number of anilines is 1. The van der Waals surface area contributed by atoms with Gasteiger partial charge in [-0.05, 0) is 18.9 Å². The first-order chi connectivity index (χ1) is 9.60. The normalized spacial score (nSPS) is 18.4. The fourth-order valence-corrected chi connectivity index (χ4v) is 2.20. The second-order valence-corrected chi connectivity index (χ2v) is 4.55. The van der Waals surface area contributed by atoms with Gasteiger partial charge in [0.05, 0.1) is 12.0 Å². The number of carbonyl (C=O) groups is 1. The van der Waals surface area contributed by atoms with Crippen LogP contribution in [0, 0.1) is 10.1 Å². The number of pyridine rings is 1. The van der Waals surface area contributed by atoms with Gasteiger partial charge >= 0.3 is 6.09 Å². The number of nitrogens with one attached hydrogen (secondary N) is 1. The Bertz CT molecular complexity index is 491. The lowest BCUT2D eigenvalue weighted by atomic mass is 10.1. The molecule has 8 nitrogen and oxygen atoms in total. The highest BCUT2D eigenvalue weighted by Crippen LogP contribution is 2.20. The number of carbonyl (C=O) groups excluding carboxylic acids is 1. The van der Waals surface area contributed by atoms with Gasteiger partial charge in [-0.1, -0.05) is 0 Å². The lowest BCUT2D eigenvalue weighted by molar-refractivity contribution is -0.385. The molecule has 2 heterocycles. The minimum absolute atomic E-state index is 0.00630. The van der Waals surface area contributed by atoms with Gasteiger partial charge in [0.25, 0.3) is 5.69 Å². The van der Waals surface area contributed by atoms with Crippen LogP contribution in [0.4, 0.5) is 16.3 Å². The third kappa shape index (κ3) is 3.34. The Morgan fingerprint density at radius 2 is 2.40 bits per heavy atom. The third-order valence-corrected chi connectivity index (χ3v) is 3.20. The van der Waals surface area contributed by atoms with Crippen molar-refractivity contribution in [2.75, 3.05) is 25.1 Å². The number of ether oxygens (including phenoxy) is 1. The van der Waals surface area contributed by atoms with Crippen LogP contribution in [-0.2, 0) is 4.74 Å². The molecule has 108 valence electrons. The van der Waals surface area contributed by atoms with E-state index in [4.69, 9.17) is 0 Å². The predicted molar refractivity (Wildman–Crippen MR) is 71.7 cm³/mol. The average molecular weight is 280 g/mol. The number of methoxy groups -OCH3 is 1. The first-order valence-corrected chi connectivity index (χ1v) is 6.30. The van der Waals surface area contributed by atoms with Crippen LogP contribution in [0.1, 0.15) is 12.8 Å². The molecule has 20 heavy (non-hydrogen) atoms. The molecule has 1 aromatic heterocycles. The molecule has 1 amide bonds. The second-order valence-electron chi connectivity index (χ2n) is 4.55. The summed E-state index contributed by atoms with van der Waals surface area (Å²) in [6, 6.07) is 3.05. The first-order valence-electron chi connectivity index (χ1n) is 6.30. The fraction of sp³-hybridized carbons (Fsp3) is 0.500. The van der Waals surface area contributed by atoms with Gasteiger partial charge in [0.15, 0.2) is 0 Å². The standard InChI is InChI=1S/C12H16N4O4/c1-20-12(17)14-9-3-2-6-15(8-9)11-5-4-10(7-13-11)16(18)19/h4-5,7,9H,2-3,6,8H2,1H3,(H,14,17). The Kier molecular flexibility index (Phi) is 4.34. The van der Waals surface area contributed by atoms with Crippen molar-refractivity contribution in [2.24, 2.45) is 0 Å². The summed E-state index contributed by atoms with van der Waals surface area (Å²) in [5.41, 5.74) is -0.0324. The van der Waals surface area contributed by atoms with Crippen molar-refractivity contribution in [3.63, 3.8) is 0 Å². The highest BCUT2D eigenvalue weighted by atomic mass is 16.6. The van der Waals surface area contributed by atoms with E-state index >= 15 is 0 Å². The van der Waals surface area contributed by atoms with Crippen molar-refractivity contribution >= 4 is 17.6 Å². The maximum absolute atomic E-state index is 11.2. The highest BCUT2D eigenvalue weighted by molar-refractivity contribution is 5.67. The Morgan fingerprint density at radius 3 is 3.00 bits per heavy atom. The van der Waals surface area contributed by atoms with Crippen LogP contribution < -0.4 is 10.2 Å². The van der Waals surface area contributed by atoms with E-state index in [1.165, 1.54) is 19.4 Å². The topological polar surface area (TPSA) is 97.6 Å². The summed E-state index contributed by atoms with van der Waals surface area (Å²) in [5, 5.41) is 13.3. The van der Waals surface area contributed by atoms with E-state index in [1.807, 2.05) is 4.90 Å². The number of rotatable bonds is 3. The van der Waals surface area contributed by atoms with Gasteiger partial charge in [-0.2, -0.15) is 0 Å². The minimum atomic E-state index is -0.478. The number of nitro groups is 1. The summed E-state index contributed by atoms with van der Waals surface area (Å²) in [5.74, 6) is 0.673. The zero-order chi connectivity index (χ0) is 14.5. The van der Waals surface area contributed by atoms with E-state index in [9.17, 15) is 14.9 Å². The Balaban J connectivity index is 2.01. The molecule has 1 saturated heterocycles. The molecule has 0 bridgehead atoms. The fourth-order valence-electron chi connectivity index (χ4n) is 2.20. The van der Waals surface area contributed by atoms with Gasteiger partial charge in [0.2, 0.25) is 0 Å². The number of alkyl carbamates (subject to hydrolysis) is 1. The number of hydrogen-bond acceptors (Lipinski definition) is 6. The molecule has 0 aromatic carbocycles. The first kappa shape index (κ1) is 14.0. The van der Waals surface area contributed by atoms with E-state index < -0.39 is 11.0 Å². The van der Waals surface area contributed by atoms with Crippen molar-refractivity contribution in [3.05, 3.63) is 28.4 Å². The van der Waals surface area contributed by atoms with Gasteiger partial charge in [-0.3, -0.25) is 10.1 Å². The van der Waals surface area contributed by atoms with E-state index in [0.29, 0.717) is 12.4 Å². The lowest BCUT2D eigenvalue weighted by Gasteiger charge is -2.33. The van der Waals surface area contributed by atoms with Crippen LogP contribution in [0.25, 0.3) is 0 Å². The van der Waals surface area contributed by atoms with E-state index in [1.54, 1.807) is 6.07 Å². The molecule has 8 heteroatoms. The van der Waals surface area contributed by atoms with Crippen molar-refractivity contribution in [1.29, 1.82) is 0 Å². The number of aromatic nitrogens is 1. The largest absolute Gasteiger partial charge is 0.453 e. The number of nitrogens with zero attached hydrogens (tertiary/aromatic N) is 3. The maximum atomic E-state index is 11.2. The molecule has 1 N–H and O–H groups in total. The molecule has 1 aliphatic rings. The number of piperidine rings is 1. The summed E-state index contributed by atoms with van der Waals surface area (Å²) in [6.07, 6.45) is 2.58. The Labute approximate surface area is 115 Å². The molecular formula is C12H16N4O4. The summed E-state index contributed by atoms with van der Waals surface area (Å²) in [7, 11) is 1.33. The van der Waals surface area contributed by atoms with Crippen LogP contribution in [0.15, 0.2) is 18.3 Å². The van der Waals surface area contributed by atoms with Gasteiger partial charge in [-0.25, -0.2) is 9.78 Å². The van der Waals surface area contributed by atoms with E-state index in [0.717, 1.165) is 19.4 Å². The maximum Gasteiger partial charge on any atom is 0.407 e. The van der Waals surface area contributed by atoms with Crippen LogP contribution in [0.2, 0.25) is 0 Å². The average Bonchev–Trinajstić information content (AvgIpc) is 2.47. The molecule has 0 spiro atoms. The van der Waals surface area contributed by atoms with Crippen molar-refractivity contribution in [3.8, 4) is 0 Å². The van der Waals surface area contributed by atoms with Gasteiger partial charge in [0, 0.05) is 25.2 Å². The summed E-state index contributed by atoms with van der Waals surface area (Å²) in [6.45, 7) is 1.42. The van der Waals surface area contributed by atoms with Gasteiger partial charge in [0.1, 0.15) is 12.0 Å². The van der Waals surface area contributed by atoms with Crippen molar-refractivity contribution in [1.82, 2.24) is 10.3 Å². The molecule has 0 radical (unpaired) electrons. The SMILES string of the molecule is COC(=O)NC1CCCN(c2ccc([N+](=O)[O-])cn2)C1. The monoisotopic (exact) mass is 280 g/mol. The Hall–Kier alpha value is -2.38. The molecule has 0 aliphatic carbocycles. The summed E-state index contributed by atoms with van der Waals surface area (Å²) >= 11 is 0. The Morgan fingerprint density at radius 1 is 1.60 bits per heavy atom. The molecule has 1 aromatic rings. The van der Waals surface area contributed by atoms with Gasteiger partial charge < -0.3 is 15.0 Å². The summed E-state index contributed by atoms with van der Waals surface area (Å²) in [4.78, 5) is 27.4. The van der Waals surface area contributed by atoms with Crippen molar-refractivity contribution < 1.29 is 14.5 Å². The molecular weight excluding hydrogens is 264 g/mol. The lowest BCUT2D eigenvalue weighted by Crippen LogP contribution is -2.48. The molecule has 2 rings (SSSR count). The van der Waals surface area contributed by atoms with Crippen molar-refractivity contribution in [2.45, 2.75) is 18.9 Å².